The molecule has 2 aromatic carbocycles. The van der Waals surface area contributed by atoms with E-state index in [9.17, 15) is 18.4 Å². The molecule has 2 saturated heterocycles. The fourth-order valence-electron chi connectivity index (χ4n) is 3.86. The van der Waals surface area contributed by atoms with Gasteiger partial charge in [0.05, 0.1) is 38.5 Å². The summed E-state index contributed by atoms with van der Waals surface area (Å²) in [6.07, 6.45) is 0. The van der Waals surface area contributed by atoms with Gasteiger partial charge in [0.15, 0.2) is 0 Å². The van der Waals surface area contributed by atoms with Crippen LogP contribution in [0.1, 0.15) is 15.9 Å². The third-order valence-corrected chi connectivity index (χ3v) is 5.89. The van der Waals surface area contributed by atoms with Crippen molar-refractivity contribution >= 4 is 17.7 Å². The van der Waals surface area contributed by atoms with Gasteiger partial charge < -0.3 is 14.4 Å². The Morgan fingerprint density at radius 1 is 1.06 bits per heavy atom. The van der Waals surface area contributed by atoms with E-state index in [2.05, 4.69) is 9.64 Å². The third-order valence-electron chi connectivity index (χ3n) is 5.89. The van der Waals surface area contributed by atoms with Crippen molar-refractivity contribution in [3.8, 4) is 0 Å². The molecule has 170 valence electrons. The number of amides is 2. The predicted molar refractivity (Wildman–Crippen MR) is 113 cm³/mol. The maximum absolute atomic E-state index is 14.7. The first kappa shape index (κ1) is 22.2. The molecule has 0 saturated carbocycles. The quantitative estimate of drug-likeness (QED) is 0.663. The van der Waals surface area contributed by atoms with E-state index in [4.69, 9.17) is 4.74 Å². The number of hydrogen-bond donors (Lipinski definition) is 0. The van der Waals surface area contributed by atoms with Crippen molar-refractivity contribution < 1.29 is 27.8 Å². The number of hydrogen-bond acceptors (Lipinski definition) is 5. The monoisotopic (exact) mass is 445 g/mol. The summed E-state index contributed by atoms with van der Waals surface area (Å²) in [5.41, 5.74) is 0.785. The Kier molecular flexibility index (Phi) is 6.66. The molecule has 4 rings (SSSR count). The molecule has 2 heterocycles. The fraction of sp³-hybridized carbons (Fsp3) is 0.391. The minimum Gasteiger partial charge on any atom is -0.465 e. The van der Waals surface area contributed by atoms with Crippen LogP contribution in [0.5, 0.6) is 0 Å². The summed E-state index contributed by atoms with van der Waals surface area (Å²) < 4.78 is 38.1. The zero-order valence-corrected chi connectivity index (χ0v) is 17.8. The van der Waals surface area contributed by atoms with E-state index in [0.717, 1.165) is 32.4 Å². The molecule has 9 heteroatoms. The van der Waals surface area contributed by atoms with Gasteiger partial charge in [-0.1, -0.05) is 6.07 Å². The molecule has 2 amide bonds. The molecule has 0 N–H and O–H groups in total. The molecule has 7 nitrogen and oxygen atoms in total. The predicted octanol–water partition coefficient (Wildman–Crippen LogP) is 2.89. The van der Waals surface area contributed by atoms with Crippen molar-refractivity contribution in [2.24, 2.45) is 0 Å². The molecule has 2 aliphatic rings. The second-order valence-electron chi connectivity index (χ2n) is 7.86. The lowest BCUT2D eigenvalue weighted by Crippen LogP contribution is -2.59. The lowest BCUT2D eigenvalue weighted by molar-refractivity contribution is -0.0738. The molecule has 0 unspecified atom stereocenters. The summed E-state index contributed by atoms with van der Waals surface area (Å²) in [4.78, 5) is 30.5. The molecule has 0 bridgehead atoms. The maximum Gasteiger partial charge on any atom is 0.337 e. The SMILES string of the molecule is COC(=O)c1ccc(CN(C(=O)N2CCN(C3COC3)CC2)c2ccc(F)cc2)c(F)c1. The second kappa shape index (κ2) is 9.62. The Hall–Kier alpha value is -3.04. The first-order chi connectivity index (χ1) is 15.5. The number of urea groups is 1. The molecule has 32 heavy (non-hydrogen) atoms. The first-order valence-electron chi connectivity index (χ1n) is 10.5. The lowest BCUT2D eigenvalue weighted by Gasteiger charge is -2.43. The van der Waals surface area contributed by atoms with Crippen LogP contribution in [0.3, 0.4) is 0 Å². The van der Waals surface area contributed by atoms with E-state index in [1.807, 2.05) is 0 Å². The number of piperazine rings is 1. The van der Waals surface area contributed by atoms with Crippen molar-refractivity contribution in [3.63, 3.8) is 0 Å². The summed E-state index contributed by atoms with van der Waals surface area (Å²) in [6.45, 7) is 3.92. The molecular weight excluding hydrogens is 420 g/mol. The molecule has 2 aromatic rings. The number of anilines is 1. The van der Waals surface area contributed by atoms with Gasteiger partial charge in [0.1, 0.15) is 11.6 Å². The maximum atomic E-state index is 14.7. The van der Waals surface area contributed by atoms with Crippen molar-refractivity contribution in [2.45, 2.75) is 12.6 Å². The fourth-order valence-corrected chi connectivity index (χ4v) is 3.86. The van der Waals surface area contributed by atoms with Crippen LogP contribution in [-0.4, -0.2) is 74.3 Å². The van der Waals surface area contributed by atoms with Crippen molar-refractivity contribution in [1.29, 1.82) is 0 Å². The number of halogens is 2. The van der Waals surface area contributed by atoms with Crippen LogP contribution < -0.4 is 4.90 Å². The summed E-state index contributed by atoms with van der Waals surface area (Å²) in [7, 11) is 1.22. The normalized spacial score (nSPS) is 17.0. The van der Waals surface area contributed by atoms with E-state index in [0.29, 0.717) is 24.8 Å². The largest absolute Gasteiger partial charge is 0.465 e. The van der Waals surface area contributed by atoms with Gasteiger partial charge in [-0.2, -0.15) is 0 Å². The highest BCUT2D eigenvalue weighted by molar-refractivity contribution is 5.92. The Morgan fingerprint density at radius 2 is 1.75 bits per heavy atom. The van der Waals surface area contributed by atoms with E-state index >= 15 is 0 Å². The topological polar surface area (TPSA) is 62.3 Å². The number of methoxy groups -OCH3 is 1. The molecule has 2 fully saturated rings. The molecule has 0 spiro atoms. The van der Waals surface area contributed by atoms with Crippen LogP contribution in [-0.2, 0) is 16.0 Å². The molecular formula is C23H25F2N3O4. The number of benzene rings is 2. The molecule has 0 radical (unpaired) electrons. The first-order valence-corrected chi connectivity index (χ1v) is 10.5. The van der Waals surface area contributed by atoms with E-state index in [1.165, 1.54) is 48.4 Å². The average molecular weight is 445 g/mol. The highest BCUT2D eigenvalue weighted by Gasteiger charge is 2.32. The lowest BCUT2D eigenvalue weighted by atomic mass is 10.1. The minimum atomic E-state index is -0.642. The third kappa shape index (κ3) is 4.73. The van der Waals surface area contributed by atoms with E-state index in [-0.39, 0.29) is 23.7 Å². The van der Waals surface area contributed by atoms with Crippen LogP contribution in [0, 0.1) is 11.6 Å². The Morgan fingerprint density at radius 3 is 2.31 bits per heavy atom. The van der Waals surface area contributed by atoms with Gasteiger partial charge in [-0.3, -0.25) is 9.80 Å². The standard InChI is InChI=1S/C23H25F2N3O4/c1-31-22(29)16-2-3-17(21(25)12-16)13-28(19-6-4-18(24)5-7-19)23(30)27-10-8-26(9-11-27)20-14-32-15-20/h2-7,12,20H,8-11,13-15H2,1H3. The van der Waals surface area contributed by atoms with Crippen molar-refractivity contribution in [2.75, 3.05) is 51.4 Å². The summed E-state index contributed by atoms with van der Waals surface area (Å²) >= 11 is 0. The number of carbonyl (C=O) groups is 2. The number of nitrogens with zero attached hydrogens (tertiary/aromatic N) is 3. The van der Waals surface area contributed by atoms with Gasteiger partial charge in [0.25, 0.3) is 0 Å². The van der Waals surface area contributed by atoms with Crippen LogP contribution >= 0.6 is 0 Å². The Balaban J connectivity index is 1.53. The summed E-state index contributed by atoms with van der Waals surface area (Å²) in [6, 6.07) is 9.65. The van der Waals surface area contributed by atoms with Crippen LogP contribution in [0.4, 0.5) is 19.3 Å². The van der Waals surface area contributed by atoms with Gasteiger partial charge in [-0.15, -0.1) is 0 Å². The number of rotatable bonds is 5. The number of ether oxygens (including phenoxy) is 2. The van der Waals surface area contributed by atoms with Crippen molar-refractivity contribution in [3.05, 3.63) is 65.2 Å². The van der Waals surface area contributed by atoms with Gasteiger partial charge >= 0.3 is 12.0 Å². The number of esters is 1. The Labute approximate surface area is 185 Å². The molecule has 0 atom stereocenters. The highest BCUT2D eigenvalue weighted by atomic mass is 19.1. The average Bonchev–Trinajstić information content (AvgIpc) is 2.77. The van der Waals surface area contributed by atoms with Gasteiger partial charge in [-0.05, 0) is 36.4 Å². The van der Waals surface area contributed by atoms with Gasteiger partial charge in [-0.25, -0.2) is 18.4 Å². The van der Waals surface area contributed by atoms with Crippen LogP contribution in [0.2, 0.25) is 0 Å². The molecule has 0 aromatic heterocycles. The highest BCUT2D eigenvalue weighted by Crippen LogP contribution is 2.23. The minimum absolute atomic E-state index is 0.0611. The summed E-state index contributed by atoms with van der Waals surface area (Å²) in [5.74, 6) is -1.69. The van der Waals surface area contributed by atoms with Gasteiger partial charge in [0, 0.05) is 37.4 Å². The summed E-state index contributed by atoms with van der Waals surface area (Å²) in [5, 5.41) is 0. The smallest absolute Gasteiger partial charge is 0.337 e. The Bertz CT molecular complexity index is 974. The van der Waals surface area contributed by atoms with Crippen LogP contribution in [0.25, 0.3) is 0 Å². The van der Waals surface area contributed by atoms with E-state index < -0.39 is 17.6 Å². The second-order valence-corrected chi connectivity index (χ2v) is 7.86. The number of carbonyl (C=O) groups excluding carboxylic acids is 2. The van der Waals surface area contributed by atoms with Crippen molar-refractivity contribution in [1.82, 2.24) is 9.80 Å². The van der Waals surface area contributed by atoms with Gasteiger partial charge in [0.2, 0.25) is 0 Å². The zero-order chi connectivity index (χ0) is 22.7. The van der Waals surface area contributed by atoms with Crippen LogP contribution in [0.15, 0.2) is 42.5 Å². The van der Waals surface area contributed by atoms with E-state index in [1.54, 1.807) is 4.90 Å². The molecule has 0 aliphatic carbocycles. The molecule has 2 aliphatic heterocycles. The zero-order valence-electron chi connectivity index (χ0n) is 17.8.